The normalized spacial score (nSPS) is 8.00. The fourth-order valence-electron chi connectivity index (χ4n) is 0.781. The Balaban J connectivity index is 0. The highest BCUT2D eigenvalue weighted by molar-refractivity contribution is 5.85. The lowest BCUT2D eigenvalue weighted by molar-refractivity contribution is -0.136. The molecule has 0 fully saturated rings. The van der Waals surface area contributed by atoms with E-state index in [0.29, 0.717) is 6.42 Å². The summed E-state index contributed by atoms with van der Waals surface area (Å²) >= 11 is 0. The van der Waals surface area contributed by atoms with E-state index >= 15 is 0 Å². The van der Waals surface area contributed by atoms with Gasteiger partial charge in [-0.25, -0.2) is 0 Å². The Morgan fingerprint density at radius 1 is 1.38 bits per heavy atom. The largest absolute Gasteiger partial charge is 0.481 e. The summed E-state index contributed by atoms with van der Waals surface area (Å²) < 4.78 is 0. The van der Waals surface area contributed by atoms with Crippen LogP contribution in [0.5, 0.6) is 0 Å². The number of hydrogen-bond acceptors (Lipinski definition) is 2. The molecule has 0 bridgehead atoms. The Bertz CT molecular complexity index is 241. The Morgan fingerprint density at radius 2 is 2.08 bits per heavy atom. The highest BCUT2D eigenvalue weighted by Crippen LogP contribution is 1.97. The zero-order valence-electron chi connectivity index (χ0n) is 6.84. The van der Waals surface area contributed by atoms with Crippen molar-refractivity contribution in [1.82, 2.24) is 4.98 Å². The first kappa shape index (κ1) is 14.7. The lowest BCUT2D eigenvalue weighted by Gasteiger charge is -1.94. The van der Waals surface area contributed by atoms with Crippen molar-refractivity contribution in [2.24, 2.45) is 0 Å². The minimum absolute atomic E-state index is 0. The highest BCUT2D eigenvalue weighted by Gasteiger charge is 1.97. The number of hydrogen-bond donors (Lipinski definition) is 1. The summed E-state index contributed by atoms with van der Waals surface area (Å²) in [4.78, 5) is 14.1. The predicted octanol–water partition coefficient (Wildman–Crippen LogP) is 1.94. The molecule has 13 heavy (non-hydrogen) atoms. The van der Waals surface area contributed by atoms with E-state index in [1.54, 1.807) is 6.20 Å². The molecule has 0 atom stereocenters. The van der Waals surface area contributed by atoms with Crippen LogP contribution in [0.2, 0.25) is 0 Å². The van der Waals surface area contributed by atoms with E-state index in [0.717, 1.165) is 5.69 Å². The summed E-state index contributed by atoms with van der Waals surface area (Å²) in [7, 11) is 0. The molecule has 1 heterocycles. The second-order valence-corrected chi connectivity index (χ2v) is 2.21. The molecule has 3 nitrogen and oxygen atoms in total. The average molecular weight is 224 g/mol. The number of carboxylic acids is 1. The zero-order chi connectivity index (χ0) is 8.10. The molecule has 1 aromatic heterocycles. The van der Waals surface area contributed by atoms with Crippen LogP contribution in [0, 0.1) is 0 Å². The van der Waals surface area contributed by atoms with E-state index in [-0.39, 0.29) is 31.2 Å². The number of nitrogens with zero attached hydrogens (tertiary/aromatic N) is 1. The van der Waals surface area contributed by atoms with Gasteiger partial charge in [0.05, 0.1) is 6.42 Å². The van der Waals surface area contributed by atoms with Gasteiger partial charge in [-0.15, -0.1) is 24.8 Å². The molecule has 1 N–H and O–H groups in total. The summed E-state index contributed by atoms with van der Waals surface area (Å²) in [6.45, 7) is 0. The van der Waals surface area contributed by atoms with Gasteiger partial charge >= 0.3 is 5.97 Å². The number of aryl methyl sites for hydroxylation is 1. The van der Waals surface area contributed by atoms with Crippen molar-refractivity contribution >= 4 is 30.8 Å². The first-order valence-electron chi connectivity index (χ1n) is 3.41. The number of pyridine rings is 1. The minimum atomic E-state index is -0.782. The van der Waals surface area contributed by atoms with Gasteiger partial charge in [-0.1, -0.05) is 6.07 Å². The topological polar surface area (TPSA) is 50.2 Å². The van der Waals surface area contributed by atoms with Gasteiger partial charge in [-0.3, -0.25) is 9.78 Å². The number of aromatic nitrogens is 1. The van der Waals surface area contributed by atoms with Crippen LogP contribution in [0.15, 0.2) is 24.4 Å². The van der Waals surface area contributed by atoms with E-state index in [2.05, 4.69) is 4.98 Å². The fraction of sp³-hybridized carbons (Fsp3) is 0.250. The van der Waals surface area contributed by atoms with Crippen molar-refractivity contribution in [3.05, 3.63) is 30.1 Å². The maximum absolute atomic E-state index is 10.1. The summed E-state index contributed by atoms with van der Waals surface area (Å²) in [6, 6.07) is 5.48. The lowest BCUT2D eigenvalue weighted by Crippen LogP contribution is -1.98. The third kappa shape index (κ3) is 6.37. The van der Waals surface area contributed by atoms with E-state index in [1.807, 2.05) is 18.2 Å². The molecule has 0 amide bonds. The summed E-state index contributed by atoms with van der Waals surface area (Å²) in [5.41, 5.74) is 0.829. The Labute approximate surface area is 89.0 Å². The van der Waals surface area contributed by atoms with E-state index in [4.69, 9.17) is 5.11 Å². The number of rotatable bonds is 3. The van der Waals surface area contributed by atoms with E-state index in [1.165, 1.54) is 0 Å². The molecule has 0 aliphatic carbocycles. The third-order valence-electron chi connectivity index (χ3n) is 1.32. The maximum atomic E-state index is 10.1. The van der Waals surface area contributed by atoms with Crippen molar-refractivity contribution < 1.29 is 9.90 Å². The molecular weight excluding hydrogens is 213 g/mol. The van der Waals surface area contributed by atoms with Crippen LogP contribution >= 0.6 is 24.8 Å². The molecule has 5 heteroatoms. The quantitative estimate of drug-likeness (QED) is 0.853. The van der Waals surface area contributed by atoms with Gasteiger partial charge in [-0.2, -0.15) is 0 Å². The van der Waals surface area contributed by atoms with Gasteiger partial charge in [-0.05, 0) is 12.1 Å². The molecule has 0 saturated heterocycles. The van der Waals surface area contributed by atoms with E-state index in [9.17, 15) is 4.79 Å². The number of carbonyl (C=O) groups is 1. The van der Waals surface area contributed by atoms with Gasteiger partial charge in [0.2, 0.25) is 0 Å². The Kier molecular flexibility index (Phi) is 8.86. The predicted molar refractivity (Wildman–Crippen MR) is 54.7 cm³/mol. The van der Waals surface area contributed by atoms with Crippen molar-refractivity contribution in [3.63, 3.8) is 0 Å². The SMILES string of the molecule is Cl.Cl.O=C(O)CCc1ccccn1. The fourth-order valence-corrected chi connectivity index (χ4v) is 0.781. The summed E-state index contributed by atoms with van der Waals surface area (Å²) in [5.74, 6) is -0.782. The van der Waals surface area contributed by atoms with Crippen LogP contribution in [0.1, 0.15) is 12.1 Å². The van der Waals surface area contributed by atoms with Gasteiger partial charge in [0.15, 0.2) is 0 Å². The molecule has 0 radical (unpaired) electrons. The molecule has 1 rings (SSSR count). The Morgan fingerprint density at radius 3 is 2.54 bits per heavy atom. The molecule has 0 spiro atoms. The third-order valence-corrected chi connectivity index (χ3v) is 1.32. The molecular formula is C8H11Cl2NO2. The molecule has 0 aliphatic rings. The van der Waals surface area contributed by atoms with Crippen LogP contribution in [-0.4, -0.2) is 16.1 Å². The van der Waals surface area contributed by atoms with Crippen molar-refractivity contribution in [3.8, 4) is 0 Å². The van der Waals surface area contributed by atoms with Crippen molar-refractivity contribution in [2.45, 2.75) is 12.8 Å². The standard InChI is InChI=1S/C8H9NO2.2ClH/c10-8(11)5-4-7-3-1-2-6-9-7;;/h1-3,6H,4-5H2,(H,10,11);2*1H. The highest BCUT2D eigenvalue weighted by atomic mass is 35.5. The molecule has 1 aromatic rings. The first-order chi connectivity index (χ1) is 5.29. The molecule has 0 saturated carbocycles. The second kappa shape index (κ2) is 7.83. The van der Waals surface area contributed by atoms with Crippen LogP contribution in [0.25, 0.3) is 0 Å². The summed E-state index contributed by atoms with van der Waals surface area (Å²) in [5, 5.41) is 8.35. The second-order valence-electron chi connectivity index (χ2n) is 2.21. The van der Waals surface area contributed by atoms with Crippen molar-refractivity contribution in [2.75, 3.05) is 0 Å². The lowest BCUT2D eigenvalue weighted by atomic mass is 10.2. The van der Waals surface area contributed by atoms with Gasteiger partial charge < -0.3 is 5.11 Å². The summed E-state index contributed by atoms with van der Waals surface area (Å²) in [6.07, 6.45) is 2.32. The number of carboxylic acid groups (broad SMARTS) is 1. The average Bonchev–Trinajstić information content (AvgIpc) is 2.03. The van der Waals surface area contributed by atoms with Crippen molar-refractivity contribution in [1.29, 1.82) is 0 Å². The van der Waals surface area contributed by atoms with Gasteiger partial charge in [0, 0.05) is 18.3 Å². The monoisotopic (exact) mass is 223 g/mol. The van der Waals surface area contributed by atoms with E-state index < -0.39 is 5.97 Å². The van der Waals surface area contributed by atoms with Gasteiger partial charge in [0.1, 0.15) is 0 Å². The minimum Gasteiger partial charge on any atom is -0.481 e. The molecule has 0 aromatic carbocycles. The molecule has 0 unspecified atom stereocenters. The smallest absolute Gasteiger partial charge is 0.303 e. The van der Waals surface area contributed by atoms with Crippen LogP contribution < -0.4 is 0 Å². The van der Waals surface area contributed by atoms with Crippen LogP contribution in [0.4, 0.5) is 0 Å². The van der Waals surface area contributed by atoms with Gasteiger partial charge in [0.25, 0.3) is 0 Å². The number of halogens is 2. The zero-order valence-corrected chi connectivity index (χ0v) is 8.48. The first-order valence-corrected chi connectivity index (χ1v) is 3.41. The Hall–Kier alpha value is -0.800. The molecule has 0 aliphatic heterocycles. The number of aliphatic carboxylic acids is 1. The molecule has 74 valence electrons. The van der Waals surface area contributed by atoms with Crippen LogP contribution in [0.3, 0.4) is 0 Å². The maximum Gasteiger partial charge on any atom is 0.303 e. The van der Waals surface area contributed by atoms with Crippen LogP contribution in [-0.2, 0) is 11.2 Å².